The maximum absolute atomic E-state index is 12.7. The number of amides is 1. The SMILES string of the molecule is Cc1c(CC(C)(C)C)[nH]n(CCN2CCCC2c2ccc(C=CC(=O)NO)cc2)c1=O. The number of H-pyrrole nitrogens is 1. The third-order valence-electron chi connectivity index (χ3n) is 5.83. The first-order chi connectivity index (χ1) is 14.7. The maximum Gasteiger partial charge on any atom is 0.269 e. The Kier molecular flexibility index (Phi) is 7.18. The Labute approximate surface area is 183 Å². The van der Waals surface area contributed by atoms with Gasteiger partial charge in [0.05, 0.1) is 6.54 Å². The summed E-state index contributed by atoms with van der Waals surface area (Å²) >= 11 is 0. The molecule has 168 valence electrons. The van der Waals surface area contributed by atoms with Crippen LogP contribution in [0.2, 0.25) is 0 Å². The molecule has 3 rings (SSSR count). The Morgan fingerprint density at radius 1 is 1.26 bits per heavy atom. The first kappa shape index (κ1) is 23.0. The number of hydrogen-bond acceptors (Lipinski definition) is 4. The average Bonchev–Trinajstić information content (AvgIpc) is 3.30. The predicted octanol–water partition coefficient (Wildman–Crippen LogP) is 3.43. The van der Waals surface area contributed by atoms with Crippen LogP contribution in [0.5, 0.6) is 0 Å². The van der Waals surface area contributed by atoms with Crippen LogP contribution in [0.15, 0.2) is 35.1 Å². The minimum absolute atomic E-state index is 0.0815. The van der Waals surface area contributed by atoms with Crippen molar-refractivity contribution in [3.63, 3.8) is 0 Å². The number of carbonyl (C=O) groups excluding carboxylic acids is 1. The number of rotatable bonds is 7. The van der Waals surface area contributed by atoms with Crippen molar-refractivity contribution in [3.05, 3.63) is 63.1 Å². The van der Waals surface area contributed by atoms with Crippen LogP contribution in [0.25, 0.3) is 6.08 Å². The number of aromatic amines is 1. The van der Waals surface area contributed by atoms with Crippen molar-refractivity contribution >= 4 is 12.0 Å². The summed E-state index contributed by atoms with van der Waals surface area (Å²) in [5.74, 6) is -0.550. The molecule has 1 aliphatic rings. The molecule has 2 aromatic rings. The van der Waals surface area contributed by atoms with Gasteiger partial charge in [-0.05, 0) is 55.3 Å². The Bertz CT molecular complexity index is 980. The molecule has 3 N–H and O–H groups in total. The third-order valence-corrected chi connectivity index (χ3v) is 5.83. The fourth-order valence-electron chi connectivity index (χ4n) is 4.23. The second-order valence-electron chi connectivity index (χ2n) is 9.58. The summed E-state index contributed by atoms with van der Waals surface area (Å²) < 4.78 is 1.76. The van der Waals surface area contributed by atoms with Crippen molar-refractivity contribution in [1.29, 1.82) is 0 Å². The largest absolute Gasteiger partial charge is 0.299 e. The van der Waals surface area contributed by atoms with E-state index < -0.39 is 5.91 Å². The van der Waals surface area contributed by atoms with Crippen molar-refractivity contribution in [1.82, 2.24) is 20.2 Å². The smallest absolute Gasteiger partial charge is 0.269 e. The van der Waals surface area contributed by atoms with Gasteiger partial charge < -0.3 is 0 Å². The zero-order chi connectivity index (χ0) is 22.6. The highest BCUT2D eigenvalue weighted by atomic mass is 16.5. The number of benzene rings is 1. The summed E-state index contributed by atoms with van der Waals surface area (Å²) in [5.41, 5.74) is 5.80. The molecule has 0 bridgehead atoms. The fourth-order valence-corrected chi connectivity index (χ4v) is 4.23. The number of aromatic nitrogens is 2. The summed E-state index contributed by atoms with van der Waals surface area (Å²) in [7, 11) is 0. The van der Waals surface area contributed by atoms with Crippen molar-refractivity contribution in [2.45, 2.75) is 59.5 Å². The van der Waals surface area contributed by atoms with Crippen LogP contribution in [0.1, 0.15) is 62.0 Å². The van der Waals surface area contributed by atoms with Gasteiger partial charge in [0.2, 0.25) is 0 Å². The van der Waals surface area contributed by atoms with Gasteiger partial charge in [-0.3, -0.25) is 29.5 Å². The van der Waals surface area contributed by atoms with Gasteiger partial charge in [0.1, 0.15) is 0 Å². The van der Waals surface area contributed by atoms with Crippen LogP contribution in [0, 0.1) is 12.3 Å². The number of nitrogens with zero attached hydrogens (tertiary/aromatic N) is 2. The predicted molar refractivity (Wildman–Crippen MR) is 122 cm³/mol. The standard InChI is InChI=1S/C24H34N4O3/c1-17-20(16-24(2,3)4)25-28(23(17)30)15-14-27-13-5-6-21(27)19-10-7-18(8-11-19)9-12-22(29)26-31/h7-12,21,25,31H,5-6,13-16H2,1-4H3,(H,26,29). The van der Waals surface area contributed by atoms with E-state index in [4.69, 9.17) is 5.21 Å². The van der Waals surface area contributed by atoms with Gasteiger partial charge in [-0.1, -0.05) is 45.0 Å². The Morgan fingerprint density at radius 3 is 2.61 bits per heavy atom. The topological polar surface area (TPSA) is 90.4 Å². The molecular formula is C24H34N4O3. The lowest BCUT2D eigenvalue weighted by atomic mass is 9.89. The zero-order valence-electron chi connectivity index (χ0n) is 18.9. The molecule has 0 aliphatic carbocycles. The Hall–Kier alpha value is -2.64. The monoisotopic (exact) mass is 426 g/mol. The van der Waals surface area contributed by atoms with E-state index in [1.807, 2.05) is 19.1 Å². The van der Waals surface area contributed by atoms with E-state index in [2.05, 4.69) is 42.9 Å². The summed E-state index contributed by atoms with van der Waals surface area (Å²) in [4.78, 5) is 26.2. The van der Waals surface area contributed by atoms with Gasteiger partial charge in [-0.2, -0.15) is 0 Å². The van der Waals surface area contributed by atoms with Crippen molar-refractivity contribution in [2.75, 3.05) is 13.1 Å². The minimum Gasteiger partial charge on any atom is -0.299 e. The highest BCUT2D eigenvalue weighted by Crippen LogP contribution is 2.32. The van der Waals surface area contributed by atoms with Crippen molar-refractivity contribution < 1.29 is 10.0 Å². The molecule has 0 spiro atoms. The molecule has 7 heteroatoms. The molecule has 1 aromatic heterocycles. The van der Waals surface area contributed by atoms with Gasteiger partial charge in [-0.15, -0.1) is 0 Å². The van der Waals surface area contributed by atoms with Crippen molar-refractivity contribution in [3.8, 4) is 0 Å². The number of hydrogen-bond donors (Lipinski definition) is 3. The highest BCUT2D eigenvalue weighted by Gasteiger charge is 2.26. The van der Waals surface area contributed by atoms with E-state index in [1.165, 1.54) is 11.6 Å². The van der Waals surface area contributed by atoms with Gasteiger partial charge in [0.25, 0.3) is 11.5 Å². The minimum atomic E-state index is -0.550. The van der Waals surface area contributed by atoms with Crippen LogP contribution in [0.3, 0.4) is 0 Å². The zero-order valence-corrected chi connectivity index (χ0v) is 18.9. The first-order valence-corrected chi connectivity index (χ1v) is 10.9. The number of likely N-dealkylation sites (tertiary alicyclic amines) is 1. The third kappa shape index (κ3) is 5.95. The second-order valence-corrected chi connectivity index (χ2v) is 9.58. The lowest BCUT2D eigenvalue weighted by Crippen LogP contribution is -2.30. The number of hydroxylamine groups is 1. The van der Waals surface area contributed by atoms with Gasteiger partial charge in [-0.25, -0.2) is 5.48 Å². The molecule has 1 saturated heterocycles. The molecule has 0 saturated carbocycles. The van der Waals surface area contributed by atoms with E-state index in [9.17, 15) is 9.59 Å². The van der Waals surface area contributed by atoms with Gasteiger partial charge in [0.15, 0.2) is 0 Å². The first-order valence-electron chi connectivity index (χ1n) is 10.9. The quantitative estimate of drug-likeness (QED) is 0.359. The molecule has 2 heterocycles. The second kappa shape index (κ2) is 9.66. The molecule has 0 radical (unpaired) electrons. The molecule has 31 heavy (non-hydrogen) atoms. The van der Waals surface area contributed by atoms with E-state index in [0.29, 0.717) is 12.6 Å². The van der Waals surface area contributed by atoms with E-state index in [1.54, 1.807) is 16.2 Å². The lowest BCUT2D eigenvalue weighted by molar-refractivity contribution is -0.124. The van der Waals surface area contributed by atoms with Crippen molar-refractivity contribution in [2.24, 2.45) is 5.41 Å². The van der Waals surface area contributed by atoms with E-state index >= 15 is 0 Å². The molecule has 1 aromatic carbocycles. The Morgan fingerprint density at radius 2 is 1.97 bits per heavy atom. The summed E-state index contributed by atoms with van der Waals surface area (Å²) in [6.07, 6.45) is 6.04. The lowest BCUT2D eigenvalue weighted by Gasteiger charge is -2.25. The highest BCUT2D eigenvalue weighted by molar-refractivity contribution is 5.90. The molecular weight excluding hydrogens is 392 g/mol. The normalized spacial score (nSPS) is 17.5. The summed E-state index contributed by atoms with van der Waals surface area (Å²) in [6, 6.07) is 8.46. The van der Waals surface area contributed by atoms with Gasteiger partial charge >= 0.3 is 0 Å². The maximum atomic E-state index is 12.7. The fraction of sp³-hybridized carbons (Fsp3) is 0.500. The molecule has 1 atom stereocenters. The van der Waals surface area contributed by atoms with E-state index in [0.717, 1.165) is 49.2 Å². The Balaban J connectivity index is 1.65. The molecule has 1 fully saturated rings. The number of nitrogens with one attached hydrogen (secondary N) is 2. The van der Waals surface area contributed by atoms with Crippen LogP contribution in [-0.2, 0) is 17.8 Å². The van der Waals surface area contributed by atoms with Crippen LogP contribution in [0.4, 0.5) is 0 Å². The van der Waals surface area contributed by atoms with Crippen LogP contribution < -0.4 is 11.0 Å². The average molecular weight is 427 g/mol. The molecule has 1 aliphatic heterocycles. The number of carbonyl (C=O) groups is 1. The molecule has 1 amide bonds. The van der Waals surface area contributed by atoms with Gasteiger partial charge in [0, 0.05) is 29.9 Å². The molecule has 1 unspecified atom stereocenters. The van der Waals surface area contributed by atoms with Crippen LogP contribution >= 0.6 is 0 Å². The van der Waals surface area contributed by atoms with Crippen LogP contribution in [-0.4, -0.2) is 38.9 Å². The molecule has 7 nitrogen and oxygen atoms in total. The summed E-state index contributed by atoms with van der Waals surface area (Å²) in [5, 5.41) is 11.9. The summed E-state index contributed by atoms with van der Waals surface area (Å²) in [6.45, 7) is 10.9. The van der Waals surface area contributed by atoms with E-state index in [-0.39, 0.29) is 11.0 Å².